The highest BCUT2D eigenvalue weighted by Gasteiger charge is 2.47. The van der Waals surface area contributed by atoms with Gasteiger partial charge in [0.15, 0.2) is 12.6 Å². The summed E-state index contributed by atoms with van der Waals surface area (Å²) < 4.78 is 34.4. The number of hydrogen-bond donors (Lipinski definition) is 7. The topological polar surface area (TPSA) is 214 Å². The Hall–Kier alpha value is -2.05. The molecule has 2 aliphatic rings. The molecule has 2 heterocycles. The van der Waals surface area contributed by atoms with Crippen molar-refractivity contribution >= 4 is 5.97 Å². The number of esters is 1. The fraction of sp³-hybridized carbons (Fsp3) is 0.855. The van der Waals surface area contributed by atoms with Crippen LogP contribution in [0.25, 0.3) is 0 Å². The van der Waals surface area contributed by atoms with Crippen LogP contribution in [0, 0.1) is 0 Å². The Balaban J connectivity index is 1.70. The lowest BCUT2D eigenvalue weighted by atomic mass is 9.98. The minimum Gasteiger partial charge on any atom is -0.457 e. The first-order valence-electron chi connectivity index (χ1n) is 30.7. The molecular weight excluding hydrogens is 969 g/mol. The van der Waals surface area contributed by atoms with Crippen molar-refractivity contribution in [2.45, 2.75) is 306 Å². The molecule has 0 aliphatic carbocycles. The first-order chi connectivity index (χ1) is 37.1. The van der Waals surface area contributed by atoms with Gasteiger partial charge in [0, 0.05) is 13.0 Å². The van der Waals surface area contributed by atoms with Crippen LogP contribution in [0.4, 0.5) is 0 Å². The second-order valence-electron chi connectivity index (χ2n) is 21.5. The summed E-state index contributed by atoms with van der Waals surface area (Å²) in [5.74, 6) is -0.382. The van der Waals surface area contributed by atoms with E-state index in [0.717, 1.165) is 57.8 Å². The zero-order valence-corrected chi connectivity index (χ0v) is 47.7. The molecule has 0 amide bonds. The van der Waals surface area contributed by atoms with E-state index in [1.54, 1.807) is 0 Å². The summed E-state index contributed by atoms with van der Waals surface area (Å²) >= 11 is 0. The van der Waals surface area contributed by atoms with E-state index < -0.39 is 80.7 Å². The van der Waals surface area contributed by atoms with Crippen LogP contribution in [0.5, 0.6) is 0 Å². The lowest BCUT2D eigenvalue weighted by Gasteiger charge is -2.42. The van der Waals surface area contributed by atoms with Gasteiger partial charge in [0.1, 0.15) is 54.9 Å². The normalized spacial score (nSPS) is 24.8. The fourth-order valence-electron chi connectivity index (χ4n) is 9.58. The van der Waals surface area contributed by atoms with Gasteiger partial charge in [0.2, 0.25) is 0 Å². The quantitative estimate of drug-likeness (QED) is 0.0172. The molecular formula is C62H112O14. The molecule has 2 fully saturated rings. The van der Waals surface area contributed by atoms with Crippen molar-refractivity contribution in [3.8, 4) is 0 Å². The smallest absolute Gasteiger partial charge is 0.306 e. The van der Waals surface area contributed by atoms with E-state index in [0.29, 0.717) is 13.0 Å². The number of hydrogen-bond acceptors (Lipinski definition) is 14. The summed E-state index contributed by atoms with van der Waals surface area (Å²) in [7, 11) is 0. The van der Waals surface area contributed by atoms with Gasteiger partial charge in [-0.15, -0.1) is 0 Å². The van der Waals surface area contributed by atoms with Crippen molar-refractivity contribution in [1.82, 2.24) is 0 Å². The molecule has 0 saturated carbocycles. The molecule has 0 aromatic carbocycles. The van der Waals surface area contributed by atoms with E-state index in [-0.39, 0.29) is 25.6 Å². The number of carbonyl (C=O) groups excluding carboxylic acids is 1. The van der Waals surface area contributed by atoms with Gasteiger partial charge in [-0.25, -0.2) is 0 Å². The molecule has 14 nitrogen and oxygen atoms in total. The molecule has 11 atom stereocenters. The van der Waals surface area contributed by atoms with E-state index in [9.17, 15) is 40.5 Å². The highest BCUT2D eigenvalue weighted by molar-refractivity contribution is 5.69. The average molecular weight is 1080 g/mol. The van der Waals surface area contributed by atoms with Crippen molar-refractivity contribution in [1.29, 1.82) is 0 Å². The highest BCUT2D eigenvalue weighted by atomic mass is 16.7. The molecule has 76 heavy (non-hydrogen) atoms. The summed E-state index contributed by atoms with van der Waals surface area (Å²) in [4.78, 5) is 13.1. The second-order valence-corrected chi connectivity index (χ2v) is 21.5. The maximum Gasteiger partial charge on any atom is 0.306 e. The molecule has 0 aromatic rings. The summed E-state index contributed by atoms with van der Waals surface area (Å²) in [5, 5.41) is 72.4. The van der Waals surface area contributed by atoms with Crippen LogP contribution in [0.15, 0.2) is 48.6 Å². The molecule has 0 aromatic heterocycles. The number of allylic oxidation sites excluding steroid dienone is 8. The zero-order valence-electron chi connectivity index (χ0n) is 47.7. The molecule has 2 aliphatic heterocycles. The molecule has 2 rings (SSSR count). The van der Waals surface area contributed by atoms with Crippen LogP contribution in [-0.2, 0) is 33.2 Å². The number of aliphatic hydroxyl groups excluding tert-OH is 7. The minimum atomic E-state index is -1.71. The lowest BCUT2D eigenvalue weighted by molar-refractivity contribution is -0.332. The van der Waals surface area contributed by atoms with E-state index in [1.165, 1.54) is 154 Å². The molecule has 7 N–H and O–H groups in total. The van der Waals surface area contributed by atoms with Gasteiger partial charge in [-0.05, 0) is 77.0 Å². The van der Waals surface area contributed by atoms with Crippen molar-refractivity contribution in [3.63, 3.8) is 0 Å². The van der Waals surface area contributed by atoms with E-state index in [1.807, 2.05) is 0 Å². The highest BCUT2D eigenvalue weighted by Crippen LogP contribution is 2.27. The Kier molecular flexibility index (Phi) is 45.0. The third kappa shape index (κ3) is 34.8. The van der Waals surface area contributed by atoms with E-state index in [4.69, 9.17) is 28.4 Å². The molecule has 0 bridgehead atoms. The van der Waals surface area contributed by atoms with Gasteiger partial charge in [0.25, 0.3) is 0 Å². The molecule has 2 saturated heterocycles. The van der Waals surface area contributed by atoms with Crippen molar-refractivity contribution in [2.75, 3.05) is 33.0 Å². The number of rotatable bonds is 50. The van der Waals surface area contributed by atoms with Gasteiger partial charge < -0.3 is 64.2 Å². The number of carbonyl (C=O) groups is 1. The van der Waals surface area contributed by atoms with Gasteiger partial charge >= 0.3 is 5.97 Å². The summed E-state index contributed by atoms with van der Waals surface area (Å²) in [6, 6.07) is 0. The molecule has 11 unspecified atom stereocenters. The maximum absolute atomic E-state index is 13.1. The first kappa shape index (κ1) is 70.1. The maximum atomic E-state index is 13.1. The predicted octanol–water partition coefficient (Wildman–Crippen LogP) is 11.5. The van der Waals surface area contributed by atoms with Crippen molar-refractivity contribution < 1.29 is 69.0 Å². The van der Waals surface area contributed by atoms with E-state index in [2.05, 4.69) is 62.5 Å². The minimum absolute atomic E-state index is 0.0565. The standard InChI is InChI=1S/C62H112O14/c1-3-5-7-9-11-13-15-17-19-21-23-24-25-26-27-29-31-33-35-37-39-41-43-45-54(64)74-51(48-71-46-44-42-40-38-36-34-32-30-28-22-20-18-16-14-12-10-8-6-4-2)49-72-61-60(70)58(68)56(66)53(76-61)50-73-62-59(69)57(67)55(65)52(47-63)75-62/h15,17,20-23,25-26,51-53,55-63,65-70H,3-14,16,18-19,24,27-50H2,1-2H3/b17-15-,22-20-,23-21-,26-25-. The van der Waals surface area contributed by atoms with Crippen LogP contribution < -0.4 is 0 Å². The Labute approximate surface area is 461 Å². The van der Waals surface area contributed by atoms with Crippen molar-refractivity contribution in [2.24, 2.45) is 0 Å². The Morgan fingerprint density at radius 1 is 0.434 bits per heavy atom. The second kappa shape index (κ2) is 48.8. The zero-order chi connectivity index (χ0) is 55.1. The largest absolute Gasteiger partial charge is 0.457 e. The summed E-state index contributed by atoms with van der Waals surface area (Å²) in [5.41, 5.74) is 0. The third-order valence-electron chi connectivity index (χ3n) is 14.6. The Morgan fingerprint density at radius 2 is 0.816 bits per heavy atom. The van der Waals surface area contributed by atoms with Crippen LogP contribution in [-0.4, -0.2) is 142 Å². The average Bonchev–Trinajstić information content (AvgIpc) is 3.42. The van der Waals surface area contributed by atoms with Gasteiger partial charge in [0.05, 0.1) is 26.4 Å². The molecule has 0 radical (unpaired) electrons. The SMILES string of the molecule is CCCCCCC/C=C\C/C=C\C/C=C\CCCCCCCCCCC(=O)OC(COCCCCCCCCCC/C=C\CCCCCCCCC)COC1OC(COC2OC(CO)C(O)C(O)C2O)C(O)C(O)C1O. The lowest BCUT2D eigenvalue weighted by Crippen LogP contribution is -2.61. The Bertz CT molecular complexity index is 1440. The molecule has 444 valence electrons. The summed E-state index contributed by atoms with van der Waals surface area (Å²) in [6.45, 7) is 3.69. The number of unbranched alkanes of at least 4 members (excludes halogenated alkanes) is 28. The van der Waals surface area contributed by atoms with Crippen LogP contribution in [0.3, 0.4) is 0 Å². The fourth-order valence-corrected chi connectivity index (χ4v) is 9.58. The predicted molar refractivity (Wildman–Crippen MR) is 303 cm³/mol. The van der Waals surface area contributed by atoms with Gasteiger partial charge in [-0.2, -0.15) is 0 Å². The third-order valence-corrected chi connectivity index (χ3v) is 14.6. The van der Waals surface area contributed by atoms with Crippen LogP contribution in [0.2, 0.25) is 0 Å². The molecule has 0 spiro atoms. The summed E-state index contributed by atoms with van der Waals surface area (Å²) in [6.07, 6.45) is 43.1. The van der Waals surface area contributed by atoms with Gasteiger partial charge in [-0.1, -0.05) is 204 Å². The number of ether oxygens (including phenoxy) is 6. The van der Waals surface area contributed by atoms with E-state index >= 15 is 0 Å². The first-order valence-corrected chi connectivity index (χ1v) is 30.7. The number of aliphatic hydroxyl groups is 7. The van der Waals surface area contributed by atoms with Gasteiger partial charge in [-0.3, -0.25) is 4.79 Å². The Morgan fingerprint density at radius 3 is 1.29 bits per heavy atom. The van der Waals surface area contributed by atoms with Crippen LogP contribution in [0.1, 0.15) is 239 Å². The monoisotopic (exact) mass is 1080 g/mol. The van der Waals surface area contributed by atoms with Crippen LogP contribution >= 0.6 is 0 Å². The molecule has 14 heteroatoms. The van der Waals surface area contributed by atoms with Crippen molar-refractivity contribution in [3.05, 3.63) is 48.6 Å².